The molecule has 0 aromatic carbocycles. The number of methoxy groups -OCH3 is 1. The smallest absolute Gasteiger partial charge is 0.305 e. The maximum Gasteiger partial charge on any atom is 0.305 e. The van der Waals surface area contributed by atoms with Crippen LogP contribution in [0, 0.1) is 0 Å². The molecule has 0 saturated carbocycles. The summed E-state index contributed by atoms with van der Waals surface area (Å²) in [5.74, 6) is -0.0212. The topological polar surface area (TPSA) is 64.6 Å². The zero-order valence-electron chi connectivity index (χ0n) is 47.2. The first kappa shape index (κ1) is 81.3. The molecule has 386 valence electrons. The van der Waals surface area contributed by atoms with Crippen LogP contribution in [0.25, 0.3) is 0 Å². The van der Waals surface area contributed by atoms with Gasteiger partial charge in [-0.3, -0.25) is 4.79 Å². The van der Waals surface area contributed by atoms with E-state index >= 15 is 0 Å². The van der Waals surface area contributed by atoms with Crippen LogP contribution < -0.4 is 5.32 Å². The van der Waals surface area contributed by atoms with Gasteiger partial charge in [-0.1, -0.05) is 272 Å². The third-order valence-electron chi connectivity index (χ3n) is 9.26. The minimum absolute atomic E-state index is 0.0212. The molecule has 0 aliphatic heterocycles. The molecule has 0 saturated heterocycles. The summed E-state index contributed by atoms with van der Waals surface area (Å²) in [5.41, 5.74) is 0. The molecule has 0 radical (unpaired) electrons. The van der Waals surface area contributed by atoms with Crippen LogP contribution >= 0.6 is 0 Å². The van der Waals surface area contributed by atoms with Gasteiger partial charge in [0.1, 0.15) is 6.29 Å². The highest BCUT2D eigenvalue weighted by molar-refractivity contribution is 5.69. The van der Waals surface area contributed by atoms with E-state index in [1.165, 1.54) is 167 Å². The second-order valence-corrected chi connectivity index (χ2v) is 14.9. The Morgan fingerprint density at radius 3 is 1.13 bits per heavy atom. The van der Waals surface area contributed by atoms with E-state index < -0.39 is 0 Å². The van der Waals surface area contributed by atoms with Crippen molar-refractivity contribution in [3.8, 4) is 0 Å². The minimum Gasteiger partial charge on any atom is -0.466 e. The van der Waals surface area contributed by atoms with Gasteiger partial charge in [0, 0.05) is 20.0 Å². The van der Waals surface area contributed by atoms with Gasteiger partial charge in [-0.15, -0.1) is 0 Å². The molecule has 1 atom stereocenters. The molecule has 62 heavy (non-hydrogen) atoms. The number of carbonyl (C=O) groups excluding carboxylic acids is 2. The maximum absolute atomic E-state index is 11.7. The Morgan fingerprint density at radius 1 is 0.435 bits per heavy atom. The van der Waals surface area contributed by atoms with Gasteiger partial charge in [0.15, 0.2) is 0 Å². The lowest BCUT2D eigenvalue weighted by molar-refractivity contribution is -0.143. The first-order valence-corrected chi connectivity index (χ1v) is 28.3. The molecule has 0 aromatic rings. The number of nitrogens with one attached hydrogen (secondary N) is 1. The lowest BCUT2D eigenvalue weighted by Crippen LogP contribution is -2.16. The molecule has 0 aromatic heterocycles. The normalized spacial score (nSPS) is 9.71. The molecule has 1 unspecified atom stereocenters. The van der Waals surface area contributed by atoms with Crippen molar-refractivity contribution in [2.75, 3.05) is 26.8 Å². The molecule has 1 N–H and O–H groups in total. The zero-order valence-corrected chi connectivity index (χ0v) is 47.2. The Balaban J connectivity index is -0.000000102. The average Bonchev–Trinajstić information content (AvgIpc) is 3.33. The Bertz CT molecular complexity index is 599. The van der Waals surface area contributed by atoms with Crippen molar-refractivity contribution in [3.63, 3.8) is 0 Å². The molecule has 0 amide bonds. The molecule has 0 rings (SSSR count). The van der Waals surface area contributed by atoms with E-state index in [0.29, 0.717) is 25.6 Å². The lowest BCUT2D eigenvalue weighted by atomic mass is 10.0. The molecule has 0 aliphatic rings. The molecule has 5 nitrogen and oxygen atoms in total. The highest BCUT2D eigenvalue weighted by atomic mass is 16.5. The first-order valence-electron chi connectivity index (χ1n) is 28.3. The molecule has 0 fully saturated rings. The van der Waals surface area contributed by atoms with Crippen molar-refractivity contribution in [1.29, 1.82) is 0 Å². The van der Waals surface area contributed by atoms with Crippen molar-refractivity contribution in [3.05, 3.63) is 0 Å². The van der Waals surface area contributed by atoms with Crippen LogP contribution in [0.1, 0.15) is 330 Å². The van der Waals surface area contributed by atoms with Gasteiger partial charge in [0.2, 0.25) is 0 Å². The first-order chi connectivity index (χ1) is 30.5. The highest BCUT2D eigenvalue weighted by Crippen LogP contribution is 2.15. The van der Waals surface area contributed by atoms with E-state index in [-0.39, 0.29) is 5.97 Å². The van der Waals surface area contributed by atoms with E-state index in [9.17, 15) is 9.59 Å². The fraction of sp³-hybridized carbons (Fsp3) is 0.965. The fourth-order valence-electron chi connectivity index (χ4n) is 5.65. The number of ether oxygens (including phenoxy) is 2. The molecule has 5 heteroatoms. The molecular formula is C57H129NO4. The van der Waals surface area contributed by atoms with E-state index in [1.807, 2.05) is 76.3 Å². The van der Waals surface area contributed by atoms with Gasteiger partial charge in [0.25, 0.3) is 0 Å². The summed E-state index contributed by atoms with van der Waals surface area (Å²) < 4.78 is 10.9. The zero-order chi connectivity index (χ0) is 49.4. The van der Waals surface area contributed by atoms with Crippen LogP contribution in [0.15, 0.2) is 0 Å². The van der Waals surface area contributed by atoms with Crippen LogP contribution in [0.2, 0.25) is 0 Å². The van der Waals surface area contributed by atoms with E-state index in [0.717, 1.165) is 51.5 Å². The summed E-state index contributed by atoms with van der Waals surface area (Å²) in [7, 11) is 1.87. The predicted octanol–water partition coefficient (Wildman–Crippen LogP) is 20.4. The summed E-state index contributed by atoms with van der Waals surface area (Å²) in [6.07, 6.45) is 42.2. The molecular weight excluding hydrogens is 763 g/mol. The van der Waals surface area contributed by atoms with Gasteiger partial charge >= 0.3 is 5.97 Å². The largest absolute Gasteiger partial charge is 0.466 e. The monoisotopic (exact) mass is 892 g/mol. The Morgan fingerprint density at radius 2 is 0.758 bits per heavy atom. The highest BCUT2D eigenvalue weighted by Gasteiger charge is 2.06. The number of hydrogen-bond acceptors (Lipinski definition) is 5. The Labute approximate surface area is 397 Å². The number of aldehydes is 1. The summed E-state index contributed by atoms with van der Waals surface area (Å²) in [6, 6.07) is 0. The van der Waals surface area contributed by atoms with E-state index in [2.05, 4.69) is 53.8 Å². The van der Waals surface area contributed by atoms with Gasteiger partial charge < -0.3 is 19.6 Å². The standard InChI is InChI=1S/C25H49NO3.C15H32O.C4H10.C3H8.5C2H6/c1-2-3-4-5-6-7-10-13-19-24-29-25(28)20-15-14-17-22-26-21-16-11-8-9-12-18-23-27;1-4-6-8-10-12-14-15(16-3)13-11-9-7-5-2;1-3-4-2;1-3-2;5*1-2/h23,26H,2-22,24H2,1H3;15H,4-14H2,1-3H3;3-4H2,1-2H3;3H2,1-2H3;5*1-2H3. The van der Waals surface area contributed by atoms with Crippen molar-refractivity contribution < 1.29 is 19.1 Å². The number of rotatable bonds is 37. The van der Waals surface area contributed by atoms with Gasteiger partial charge in [-0.05, 0) is 58.0 Å². The summed E-state index contributed by atoms with van der Waals surface area (Å²) in [6.45, 7) is 38.1. The summed E-state index contributed by atoms with van der Waals surface area (Å²) >= 11 is 0. The second-order valence-electron chi connectivity index (χ2n) is 14.9. The Hall–Kier alpha value is -0.940. The quantitative estimate of drug-likeness (QED) is 0.0382. The second kappa shape index (κ2) is 103. The number of hydrogen-bond donors (Lipinski definition) is 1. The van der Waals surface area contributed by atoms with Crippen molar-refractivity contribution in [2.45, 2.75) is 336 Å². The number of unbranched alkanes of at least 4 members (excludes halogenated alkanes) is 23. The third kappa shape index (κ3) is 113. The summed E-state index contributed by atoms with van der Waals surface area (Å²) in [5, 5.41) is 3.48. The van der Waals surface area contributed by atoms with Gasteiger partial charge in [-0.25, -0.2) is 0 Å². The van der Waals surface area contributed by atoms with Crippen LogP contribution in [-0.2, 0) is 19.1 Å². The predicted molar refractivity (Wildman–Crippen MR) is 290 cm³/mol. The van der Waals surface area contributed by atoms with E-state index in [4.69, 9.17) is 9.47 Å². The number of carbonyl (C=O) groups is 2. The fourth-order valence-corrected chi connectivity index (χ4v) is 5.65. The van der Waals surface area contributed by atoms with Crippen LogP contribution in [0.4, 0.5) is 0 Å². The maximum atomic E-state index is 11.7. The van der Waals surface area contributed by atoms with Crippen LogP contribution in [-0.4, -0.2) is 45.2 Å². The third-order valence-corrected chi connectivity index (χ3v) is 9.26. The van der Waals surface area contributed by atoms with Gasteiger partial charge in [-0.2, -0.15) is 0 Å². The van der Waals surface area contributed by atoms with Crippen molar-refractivity contribution in [2.24, 2.45) is 0 Å². The SMILES string of the molecule is CC.CC.CC.CC.CC.CCC.CCCC.CCCCCCCC(CCCCCC)OC.CCCCCCCCCCCOC(=O)CCCCCNCCCCCCCC=O. The number of esters is 1. The van der Waals surface area contributed by atoms with Crippen molar-refractivity contribution >= 4 is 12.3 Å². The van der Waals surface area contributed by atoms with Crippen LogP contribution in [0.5, 0.6) is 0 Å². The average molecular weight is 893 g/mol. The molecule has 0 heterocycles. The van der Waals surface area contributed by atoms with Crippen LogP contribution in [0.3, 0.4) is 0 Å². The van der Waals surface area contributed by atoms with E-state index in [1.54, 1.807) is 0 Å². The van der Waals surface area contributed by atoms with Gasteiger partial charge in [0.05, 0.1) is 12.7 Å². The van der Waals surface area contributed by atoms with Crippen molar-refractivity contribution in [1.82, 2.24) is 5.32 Å². The molecule has 0 spiro atoms. The molecule has 0 bridgehead atoms. The Kier molecular flexibility index (Phi) is 135. The molecule has 0 aliphatic carbocycles. The minimum atomic E-state index is -0.0212. The summed E-state index contributed by atoms with van der Waals surface area (Å²) in [4.78, 5) is 21.9. The lowest BCUT2D eigenvalue weighted by Gasteiger charge is -2.14.